The van der Waals surface area contributed by atoms with Crippen LogP contribution in [0, 0.1) is 0 Å². The first kappa shape index (κ1) is 29.2. The van der Waals surface area contributed by atoms with Gasteiger partial charge in [-0.05, 0) is 128 Å². The predicted octanol–water partition coefficient (Wildman–Crippen LogP) is 13.3. The number of anilines is 3. The topological polar surface area (TPSA) is 3.24 Å². The van der Waals surface area contributed by atoms with E-state index >= 15 is 0 Å². The van der Waals surface area contributed by atoms with Gasteiger partial charge in [0.25, 0.3) is 0 Å². The van der Waals surface area contributed by atoms with Gasteiger partial charge in [0.15, 0.2) is 0 Å². The Morgan fingerprint density at radius 3 is 1.55 bits per heavy atom. The lowest BCUT2D eigenvalue weighted by atomic mass is 9.85. The van der Waals surface area contributed by atoms with Crippen molar-refractivity contribution in [1.29, 1.82) is 0 Å². The second-order valence-corrected chi connectivity index (χ2v) is 13.1. The summed E-state index contributed by atoms with van der Waals surface area (Å²) in [6.07, 6.45) is 4.82. The number of para-hydroxylation sites is 1. The van der Waals surface area contributed by atoms with E-state index in [2.05, 4.69) is 181 Å². The minimum Gasteiger partial charge on any atom is -0.310 e. The second kappa shape index (κ2) is 12.6. The molecule has 0 heterocycles. The molecule has 1 aliphatic rings. The average molecular weight is 628 g/mol. The number of nitrogens with zero attached hydrogens (tertiary/aromatic N) is 1. The number of aryl methyl sites for hydroxylation is 1. The molecule has 1 nitrogen and oxygen atoms in total. The van der Waals surface area contributed by atoms with Gasteiger partial charge >= 0.3 is 0 Å². The van der Waals surface area contributed by atoms with Crippen LogP contribution < -0.4 is 4.90 Å². The summed E-state index contributed by atoms with van der Waals surface area (Å²) in [6, 6.07) is 64.5. The first-order valence-corrected chi connectivity index (χ1v) is 17.5. The summed E-state index contributed by atoms with van der Waals surface area (Å²) in [5.41, 5.74) is 14.1. The molecule has 0 spiro atoms. The molecule has 8 aromatic carbocycles. The fraction of sp³-hybridized carbons (Fsp3) is 0.0833. The average Bonchev–Trinajstić information content (AvgIpc) is 3.18. The van der Waals surface area contributed by atoms with Crippen LogP contribution in [-0.4, -0.2) is 0 Å². The minimum absolute atomic E-state index is 1.13. The smallest absolute Gasteiger partial charge is 0.0496 e. The summed E-state index contributed by atoms with van der Waals surface area (Å²) >= 11 is 0. The van der Waals surface area contributed by atoms with E-state index in [0.717, 1.165) is 6.42 Å². The molecule has 0 radical (unpaired) electrons. The number of benzene rings is 8. The Hall–Kier alpha value is -5.92. The van der Waals surface area contributed by atoms with Gasteiger partial charge in [0.1, 0.15) is 0 Å². The zero-order valence-electron chi connectivity index (χ0n) is 27.5. The molecule has 0 aliphatic heterocycles. The van der Waals surface area contributed by atoms with Crippen molar-refractivity contribution >= 4 is 38.6 Å². The molecule has 0 aromatic heterocycles. The molecule has 0 N–H and O–H groups in total. The van der Waals surface area contributed by atoms with Crippen LogP contribution in [0.2, 0.25) is 0 Å². The molecule has 0 saturated carbocycles. The van der Waals surface area contributed by atoms with E-state index in [1.807, 2.05) is 0 Å². The van der Waals surface area contributed by atoms with Crippen molar-refractivity contribution in [2.24, 2.45) is 0 Å². The molecule has 1 aliphatic carbocycles. The van der Waals surface area contributed by atoms with Crippen LogP contribution in [0.15, 0.2) is 176 Å². The first-order valence-electron chi connectivity index (χ1n) is 17.5. The lowest BCUT2D eigenvalue weighted by molar-refractivity contribution is 0.686. The summed E-state index contributed by atoms with van der Waals surface area (Å²) in [7, 11) is 0. The van der Waals surface area contributed by atoms with Crippen molar-refractivity contribution in [3.05, 3.63) is 187 Å². The minimum atomic E-state index is 1.13. The molecule has 0 amide bonds. The Morgan fingerprint density at radius 1 is 0.347 bits per heavy atom. The van der Waals surface area contributed by atoms with Gasteiger partial charge < -0.3 is 4.90 Å². The molecule has 1 heteroatoms. The molecule has 0 bridgehead atoms. The fourth-order valence-corrected chi connectivity index (χ4v) is 7.97. The Balaban J connectivity index is 1.21. The maximum atomic E-state index is 2.44. The van der Waals surface area contributed by atoms with Crippen LogP contribution in [0.3, 0.4) is 0 Å². The third kappa shape index (κ3) is 5.29. The maximum absolute atomic E-state index is 2.44. The van der Waals surface area contributed by atoms with Crippen LogP contribution in [-0.2, 0) is 12.8 Å². The standard InChI is InChI=1S/C48H37N/c1-4-16-36(17-5-1)47-42-24-12-13-25-43(42)48(37-18-6-2-7-19-37)45-33-38(29-32-44(45)47)34-27-30-40(31-28-34)49(39-21-8-3-9-22-39)46-26-14-20-35-15-10-11-23-41(35)46/h1-9,12-14,16-22,24-33H,10-11,15,23H2. The monoisotopic (exact) mass is 627 g/mol. The van der Waals surface area contributed by atoms with E-state index in [-0.39, 0.29) is 0 Å². The zero-order valence-corrected chi connectivity index (χ0v) is 27.5. The highest BCUT2D eigenvalue weighted by Crippen LogP contribution is 2.45. The Kier molecular flexibility index (Phi) is 7.52. The summed E-state index contributed by atoms with van der Waals surface area (Å²) in [4.78, 5) is 2.44. The van der Waals surface area contributed by atoms with E-state index < -0.39 is 0 Å². The van der Waals surface area contributed by atoms with Gasteiger partial charge in [-0.2, -0.15) is 0 Å². The van der Waals surface area contributed by atoms with E-state index in [4.69, 9.17) is 0 Å². The number of fused-ring (bicyclic) bond motifs is 3. The molecule has 8 aromatic rings. The zero-order chi connectivity index (χ0) is 32.6. The molecular weight excluding hydrogens is 591 g/mol. The van der Waals surface area contributed by atoms with Gasteiger partial charge in [0, 0.05) is 17.1 Å². The lowest BCUT2D eigenvalue weighted by Crippen LogP contribution is -2.15. The number of rotatable bonds is 6. The first-order chi connectivity index (χ1) is 24.3. The van der Waals surface area contributed by atoms with Gasteiger partial charge in [0.05, 0.1) is 0 Å². The highest BCUT2D eigenvalue weighted by molar-refractivity contribution is 6.22. The SMILES string of the molecule is c1ccc(-c2c3ccccc3c(-c3ccccc3)c3cc(-c4ccc(N(c5ccccc5)c5cccc6c5CCCC6)cc4)ccc23)cc1. The van der Waals surface area contributed by atoms with Crippen molar-refractivity contribution in [1.82, 2.24) is 0 Å². The summed E-state index contributed by atoms with van der Waals surface area (Å²) in [5, 5.41) is 5.10. The van der Waals surface area contributed by atoms with E-state index in [1.165, 1.54) is 102 Å². The summed E-state index contributed by atoms with van der Waals surface area (Å²) < 4.78 is 0. The van der Waals surface area contributed by atoms with Crippen LogP contribution >= 0.6 is 0 Å². The molecule has 49 heavy (non-hydrogen) atoms. The number of hydrogen-bond donors (Lipinski definition) is 0. The maximum Gasteiger partial charge on any atom is 0.0496 e. The Morgan fingerprint density at radius 2 is 0.878 bits per heavy atom. The molecule has 9 rings (SSSR count). The molecule has 0 unspecified atom stereocenters. The van der Waals surface area contributed by atoms with Crippen molar-refractivity contribution in [2.45, 2.75) is 25.7 Å². The molecule has 0 fully saturated rings. The molecule has 0 saturated heterocycles. The van der Waals surface area contributed by atoms with Gasteiger partial charge in [-0.25, -0.2) is 0 Å². The highest BCUT2D eigenvalue weighted by atomic mass is 15.1. The van der Waals surface area contributed by atoms with E-state index in [1.54, 1.807) is 0 Å². The molecule has 234 valence electrons. The fourth-order valence-electron chi connectivity index (χ4n) is 7.97. The normalized spacial score (nSPS) is 12.6. The summed E-state index contributed by atoms with van der Waals surface area (Å²) in [5.74, 6) is 0. The molecular formula is C48H37N. The van der Waals surface area contributed by atoms with Crippen LogP contribution in [0.5, 0.6) is 0 Å². The van der Waals surface area contributed by atoms with Crippen molar-refractivity contribution in [2.75, 3.05) is 4.90 Å². The summed E-state index contributed by atoms with van der Waals surface area (Å²) in [6.45, 7) is 0. The Labute approximate surface area is 288 Å². The van der Waals surface area contributed by atoms with Crippen molar-refractivity contribution in [3.63, 3.8) is 0 Å². The third-order valence-corrected chi connectivity index (χ3v) is 10.2. The predicted molar refractivity (Wildman–Crippen MR) is 209 cm³/mol. The van der Waals surface area contributed by atoms with E-state index in [0.29, 0.717) is 0 Å². The second-order valence-electron chi connectivity index (χ2n) is 13.1. The van der Waals surface area contributed by atoms with Crippen molar-refractivity contribution < 1.29 is 0 Å². The van der Waals surface area contributed by atoms with E-state index in [9.17, 15) is 0 Å². The van der Waals surface area contributed by atoms with Gasteiger partial charge in [-0.1, -0.05) is 140 Å². The number of hydrogen-bond acceptors (Lipinski definition) is 1. The Bertz CT molecular complexity index is 2410. The van der Waals surface area contributed by atoms with Crippen LogP contribution in [0.1, 0.15) is 24.0 Å². The highest BCUT2D eigenvalue weighted by Gasteiger charge is 2.21. The quantitative estimate of drug-likeness (QED) is 0.166. The van der Waals surface area contributed by atoms with Gasteiger partial charge in [0.2, 0.25) is 0 Å². The van der Waals surface area contributed by atoms with Crippen LogP contribution in [0.25, 0.3) is 54.9 Å². The van der Waals surface area contributed by atoms with Gasteiger partial charge in [-0.3, -0.25) is 0 Å². The largest absolute Gasteiger partial charge is 0.310 e. The lowest BCUT2D eigenvalue weighted by Gasteiger charge is -2.30. The van der Waals surface area contributed by atoms with Crippen LogP contribution in [0.4, 0.5) is 17.1 Å². The third-order valence-electron chi connectivity index (χ3n) is 10.2. The van der Waals surface area contributed by atoms with Gasteiger partial charge in [-0.15, -0.1) is 0 Å². The van der Waals surface area contributed by atoms with Crippen molar-refractivity contribution in [3.8, 4) is 33.4 Å². The molecule has 0 atom stereocenters.